The van der Waals surface area contributed by atoms with Gasteiger partial charge in [0.05, 0.1) is 6.04 Å². The van der Waals surface area contributed by atoms with E-state index < -0.39 is 12.1 Å². The maximum absolute atomic E-state index is 12.4. The standard InChI is InChI=1S/C16H21N3O3/c17-13-9-19(16(21)22)14(12-4-2-1-3-5-12)10-18(15(13)20)8-11-6-7-11/h1-5,11,13-14H,6-10,17H2,(H,21,22)/t13-,14-/m1/s1. The SMILES string of the molecule is N[C@@H]1CN(C(=O)O)[C@@H](c2ccccc2)CN(CC2CC2)C1=O. The molecule has 1 saturated carbocycles. The lowest BCUT2D eigenvalue weighted by Gasteiger charge is -2.30. The van der Waals surface area contributed by atoms with Crippen molar-refractivity contribution in [3.63, 3.8) is 0 Å². The summed E-state index contributed by atoms with van der Waals surface area (Å²) in [6.07, 6.45) is 1.24. The van der Waals surface area contributed by atoms with Gasteiger partial charge in [-0.1, -0.05) is 30.3 Å². The lowest BCUT2D eigenvalue weighted by atomic mass is 10.1. The van der Waals surface area contributed by atoms with E-state index in [0.29, 0.717) is 19.0 Å². The fourth-order valence-corrected chi connectivity index (χ4v) is 3.00. The number of rotatable bonds is 3. The van der Waals surface area contributed by atoms with Crippen LogP contribution in [0.15, 0.2) is 30.3 Å². The maximum Gasteiger partial charge on any atom is 0.407 e. The van der Waals surface area contributed by atoms with Crippen molar-refractivity contribution in [3.05, 3.63) is 35.9 Å². The number of benzene rings is 1. The van der Waals surface area contributed by atoms with Crippen molar-refractivity contribution in [1.82, 2.24) is 9.80 Å². The molecule has 1 aromatic carbocycles. The Labute approximate surface area is 129 Å². The molecule has 0 spiro atoms. The normalized spacial score (nSPS) is 26.0. The minimum Gasteiger partial charge on any atom is -0.465 e. The van der Waals surface area contributed by atoms with Gasteiger partial charge in [0.15, 0.2) is 0 Å². The molecule has 6 nitrogen and oxygen atoms in total. The number of nitrogens with zero attached hydrogens (tertiary/aromatic N) is 2. The number of amides is 2. The molecule has 3 rings (SSSR count). The molecular formula is C16H21N3O3. The van der Waals surface area contributed by atoms with Gasteiger partial charge in [-0.2, -0.15) is 0 Å². The quantitative estimate of drug-likeness (QED) is 0.881. The van der Waals surface area contributed by atoms with Crippen LogP contribution in [0.3, 0.4) is 0 Å². The van der Waals surface area contributed by atoms with Gasteiger partial charge in [-0.3, -0.25) is 9.69 Å². The smallest absolute Gasteiger partial charge is 0.407 e. The van der Waals surface area contributed by atoms with E-state index in [1.165, 1.54) is 4.90 Å². The second kappa shape index (κ2) is 5.96. The third kappa shape index (κ3) is 3.06. The third-order valence-electron chi connectivity index (χ3n) is 4.40. The predicted molar refractivity (Wildman–Crippen MR) is 81.2 cm³/mol. The number of carboxylic acid groups (broad SMARTS) is 1. The highest BCUT2D eigenvalue weighted by Crippen LogP contribution is 2.32. The molecule has 2 fully saturated rings. The summed E-state index contributed by atoms with van der Waals surface area (Å²) in [6, 6.07) is 8.30. The van der Waals surface area contributed by atoms with Gasteiger partial charge in [-0.05, 0) is 24.3 Å². The second-order valence-corrected chi connectivity index (χ2v) is 6.15. The molecule has 2 aliphatic rings. The van der Waals surface area contributed by atoms with Crippen molar-refractivity contribution >= 4 is 12.0 Å². The van der Waals surface area contributed by atoms with E-state index in [9.17, 15) is 14.7 Å². The van der Waals surface area contributed by atoms with Crippen molar-refractivity contribution in [1.29, 1.82) is 0 Å². The van der Waals surface area contributed by atoms with E-state index in [1.807, 2.05) is 30.3 Å². The monoisotopic (exact) mass is 303 g/mol. The highest BCUT2D eigenvalue weighted by Gasteiger charge is 2.38. The van der Waals surface area contributed by atoms with Gasteiger partial charge < -0.3 is 15.7 Å². The number of carbonyl (C=O) groups excluding carboxylic acids is 1. The van der Waals surface area contributed by atoms with Gasteiger partial charge in [0.25, 0.3) is 0 Å². The van der Waals surface area contributed by atoms with Gasteiger partial charge in [-0.15, -0.1) is 0 Å². The Bertz CT molecular complexity index is 559. The summed E-state index contributed by atoms with van der Waals surface area (Å²) in [5.74, 6) is 0.403. The molecule has 1 aliphatic carbocycles. The van der Waals surface area contributed by atoms with Crippen LogP contribution in [-0.2, 0) is 4.79 Å². The fourth-order valence-electron chi connectivity index (χ4n) is 3.00. The van der Waals surface area contributed by atoms with Crippen molar-refractivity contribution in [2.24, 2.45) is 11.7 Å². The zero-order valence-corrected chi connectivity index (χ0v) is 12.4. The largest absolute Gasteiger partial charge is 0.465 e. The zero-order chi connectivity index (χ0) is 15.7. The molecule has 0 unspecified atom stereocenters. The number of carbonyl (C=O) groups is 2. The van der Waals surface area contributed by atoms with E-state index in [-0.39, 0.29) is 18.5 Å². The average Bonchev–Trinajstić information content (AvgIpc) is 3.33. The molecule has 22 heavy (non-hydrogen) atoms. The topological polar surface area (TPSA) is 86.9 Å². The number of nitrogens with two attached hydrogens (primary N) is 1. The van der Waals surface area contributed by atoms with Crippen LogP contribution in [0.4, 0.5) is 4.79 Å². The molecule has 3 N–H and O–H groups in total. The van der Waals surface area contributed by atoms with Crippen molar-refractivity contribution in [2.75, 3.05) is 19.6 Å². The van der Waals surface area contributed by atoms with Crippen LogP contribution >= 0.6 is 0 Å². The molecule has 0 bridgehead atoms. The van der Waals surface area contributed by atoms with E-state index in [1.54, 1.807) is 4.90 Å². The van der Waals surface area contributed by atoms with Gasteiger partial charge in [0, 0.05) is 19.6 Å². The zero-order valence-electron chi connectivity index (χ0n) is 12.4. The first-order chi connectivity index (χ1) is 10.6. The maximum atomic E-state index is 12.4. The first-order valence-electron chi connectivity index (χ1n) is 7.65. The van der Waals surface area contributed by atoms with E-state index >= 15 is 0 Å². The van der Waals surface area contributed by atoms with Gasteiger partial charge >= 0.3 is 6.09 Å². The summed E-state index contributed by atoms with van der Waals surface area (Å²) in [5.41, 5.74) is 6.83. The molecule has 1 aromatic rings. The molecule has 2 amide bonds. The predicted octanol–water partition coefficient (Wildman–Crippen LogP) is 1.29. The average molecular weight is 303 g/mol. The van der Waals surface area contributed by atoms with Gasteiger partial charge in [0.2, 0.25) is 5.91 Å². The summed E-state index contributed by atoms with van der Waals surface area (Å²) in [4.78, 5) is 27.1. The summed E-state index contributed by atoms with van der Waals surface area (Å²) in [6.45, 7) is 1.09. The Morgan fingerprint density at radius 1 is 1.23 bits per heavy atom. The molecule has 1 saturated heterocycles. The van der Waals surface area contributed by atoms with Crippen LogP contribution in [0.2, 0.25) is 0 Å². The van der Waals surface area contributed by atoms with Gasteiger partial charge in [0.1, 0.15) is 6.04 Å². The van der Waals surface area contributed by atoms with Crippen LogP contribution in [0.1, 0.15) is 24.4 Å². The van der Waals surface area contributed by atoms with E-state index in [0.717, 1.165) is 18.4 Å². The Hall–Kier alpha value is -2.08. The molecule has 6 heteroatoms. The van der Waals surface area contributed by atoms with Crippen LogP contribution in [0, 0.1) is 5.92 Å². The van der Waals surface area contributed by atoms with Crippen LogP contribution in [0.25, 0.3) is 0 Å². The highest BCUT2D eigenvalue weighted by molar-refractivity contribution is 5.83. The molecule has 1 heterocycles. The lowest BCUT2D eigenvalue weighted by molar-refractivity contribution is -0.132. The Morgan fingerprint density at radius 3 is 2.50 bits per heavy atom. The minimum absolute atomic E-state index is 0.0366. The number of hydrogen-bond acceptors (Lipinski definition) is 3. The first-order valence-corrected chi connectivity index (χ1v) is 7.65. The summed E-state index contributed by atoms with van der Waals surface area (Å²) in [7, 11) is 0. The molecule has 1 aliphatic heterocycles. The second-order valence-electron chi connectivity index (χ2n) is 6.15. The molecule has 2 atom stereocenters. The minimum atomic E-state index is -1.04. The van der Waals surface area contributed by atoms with Crippen molar-refractivity contribution < 1.29 is 14.7 Å². The summed E-state index contributed by atoms with van der Waals surface area (Å²) >= 11 is 0. The Morgan fingerprint density at radius 2 is 1.91 bits per heavy atom. The van der Waals surface area contributed by atoms with Crippen molar-refractivity contribution in [2.45, 2.75) is 24.9 Å². The lowest BCUT2D eigenvalue weighted by Crippen LogP contribution is -2.46. The van der Waals surface area contributed by atoms with Crippen LogP contribution in [0.5, 0.6) is 0 Å². The third-order valence-corrected chi connectivity index (χ3v) is 4.40. The van der Waals surface area contributed by atoms with Crippen molar-refractivity contribution in [3.8, 4) is 0 Å². The fraction of sp³-hybridized carbons (Fsp3) is 0.500. The number of hydrogen-bond donors (Lipinski definition) is 2. The van der Waals surface area contributed by atoms with Crippen LogP contribution in [-0.4, -0.2) is 52.6 Å². The van der Waals surface area contributed by atoms with Crippen LogP contribution < -0.4 is 5.73 Å². The molecule has 0 radical (unpaired) electrons. The summed E-state index contributed by atoms with van der Waals surface area (Å²) < 4.78 is 0. The molecular weight excluding hydrogens is 282 g/mol. The Kier molecular flexibility index (Phi) is 4.02. The van der Waals surface area contributed by atoms with E-state index in [4.69, 9.17) is 5.73 Å². The highest BCUT2D eigenvalue weighted by atomic mass is 16.4. The summed E-state index contributed by atoms with van der Waals surface area (Å²) in [5, 5.41) is 9.52. The van der Waals surface area contributed by atoms with Gasteiger partial charge in [-0.25, -0.2) is 4.79 Å². The molecule has 0 aromatic heterocycles. The first kappa shape index (κ1) is 14.8. The molecule has 118 valence electrons. The Balaban J connectivity index is 1.91. The van der Waals surface area contributed by atoms with E-state index in [2.05, 4.69) is 0 Å².